The quantitative estimate of drug-likeness (QED) is 0.190. The molecular formula is H4Ca3O14P2Si2. The van der Waals surface area contributed by atoms with Crippen molar-refractivity contribution in [3.63, 3.8) is 0 Å². The maximum Gasteiger partial charge on any atom is 2.00 e. The van der Waals surface area contributed by atoms with Crippen molar-refractivity contribution in [2.45, 2.75) is 0 Å². The molecule has 0 aliphatic carbocycles. The average molecular weight is 466 g/mol. The van der Waals surface area contributed by atoms with Crippen LogP contribution < -0.4 is 29.4 Å². The molecule has 112 valence electrons. The molecule has 0 aliphatic rings. The van der Waals surface area contributed by atoms with Gasteiger partial charge in [-0.05, 0) is 0 Å². The van der Waals surface area contributed by atoms with E-state index in [1.807, 2.05) is 0 Å². The molecule has 0 aromatic heterocycles. The molecule has 4 N–H and O–H groups in total. The fourth-order valence-corrected chi connectivity index (χ4v) is 0. The third kappa shape index (κ3) is 1000. The molecule has 0 fully saturated rings. The maximum atomic E-state index is 8.74. The van der Waals surface area contributed by atoms with Crippen LogP contribution in [-0.4, -0.2) is 151 Å². The molecule has 0 aliphatic heterocycles. The topological polar surface area (TPSA) is 288 Å². The van der Waals surface area contributed by atoms with Gasteiger partial charge >= 0.3 is 132 Å². The van der Waals surface area contributed by atoms with E-state index in [-0.39, 0.29) is 113 Å². The van der Waals surface area contributed by atoms with E-state index in [0.29, 0.717) is 0 Å². The van der Waals surface area contributed by atoms with E-state index in [4.69, 9.17) is 66.6 Å². The Kier molecular flexibility index (Phi) is 53.4. The van der Waals surface area contributed by atoms with Gasteiger partial charge in [-0.15, -0.1) is 0 Å². The van der Waals surface area contributed by atoms with Gasteiger partial charge in [0.2, 0.25) is 0 Å². The van der Waals surface area contributed by atoms with Crippen LogP contribution in [0.5, 0.6) is 0 Å². The Morgan fingerprint density at radius 1 is 0.571 bits per heavy atom. The van der Waals surface area contributed by atoms with Crippen molar-refractivity contribution >= 4 is 147 Å². The molecule has 0 rings (SSSR count). The maximum absolute atomic E-state index is 8.74. The first kappa shape index (κ1) is 44.0. The normalized spacial score (nSPS) is 7.90. The van der Waals surface area contributed by atoms with Gasteiger partial charge in [0.25, 0.3) is 0 Å². The van der Waals surface area contributed by atoms with Crippen LogP contribution in [0.3, 0.4) is 0 Å². The van der Waals surface area contributed by atoms with E-state index in [2.05, 4.69) is 0 Å². The molecule has 14 nitrogen and oxygen atoms in total. The number of phosphoric acid groups is 2. The first-order chi connectivity index (χ1) is 7.46. The molecule has 0 atom stereocenters. The Balaban J connectivity index is -0.0000000239. The number of hydrogen-bond acceptors (Lipinski definition) is 10. The summed E-state index contributed by atoms with van der Waals surface area (Å²) in [6.07, 6.45) is 0. The molecule has 0 bridgehead atoms. The van der Waals surface area contributed by atoms with Crippen LogP contribution in [0.2, 0.25) is 0 Å². The molecule has 21 heteroatoms. The molecule has 0 amide bonds. The van der Waals surface area contributed by atoms with Crippen molar-refractivity contribution in [3.05, 3.63) is 0 Å². The third-order valence-corrected chi connectivity index (χ3v) is 0. The van der Waals surface area contributed by atoms with E-state index in [1.54, 1.807) is 0 Å². The summed E-state index contributed by atoms with van der Waals surface area (Å²) in [4.78, 5) is 79.9. The van der Waals surface area contributed by atoms with Crippen molar-refractivity contribution in [2.75, 3.05) is 0 Å². The van der Waals surface area contributed by atoms with Gasteiger partial charge in [-0.3, -0.25) is 8.92 Å². The zero-order chi connectivity index (χ0) is 16.2. The van der Waals surface area contributed by atoms with Gasteiger partial charge in [0.05, 0.1) is 0 Å². The summed E-state index contributed by atoms with van der Waals surface area (Å²) < 4.78 is 34.6. The molecule has 0 radical (unpaired) electrons. The number of rotatable bonds is 0. The molecule has 0 spiro atoms. The zero-order valence-corrected chi connectivity index (χ0v) is 20.3. The summed E-state index contributed by atoms with van der Waals surface area (Å²) in [5.41, 5.74) is 0. The van der Waals surface area contributed by atoms with E-state index >= 15 is 0 Å². The third-order valence-electron chi connectivity index (χ3n) is 0. The van der Waals surface area contributed by atoms with E-state index in [1.165, 1.54) is 0 Å². The molecule has 0 saturated carbocycles. The summed E-state index contributed by atoms with van der Waals surface area (Å²) in [6, 6.07) is 0. The Bertz CT molecular complexity index is 262. The first-order valence-electron chi connectivity index (χ1n) is 2.76. The Morgan fingerprint density at radius 2 is 0.571 bits per heavy atom. The smallest absolute Gasteiger partial charge is 0.822 e. The monoisotopic (exact) mass is 466 g/mol. The summed E-state index contributed by atoms with van der Waals surface area (Å²) >= 11 is 0. The van der Waals surface area contributed by atoms with Crippen molar-refractivity contribution in [3.8, 4) is 0 Å². The minimum Gasteiger partial charge on any atom is -0.822 e. The van der Waals surface area contributed by atoms with Gasteiger partial charge in [0.1, 0.15) is 0 Å². The predicted molar refractivity (Wildman–Crippen MR) is 54.2 cm³/mol. The summed E-state index contributed by atoms with van der Waals surface area (Å²) in [7, 11) is -17.0. The van der Waals surface area contributed by atoms with E-state index in [9.17, 15) is 0 Å². The van der Waals surface area contributed by atoms with E-state index < -0.39 is 34.0 Å². The molecule has 0 saturated heterocycles. The molecule has 21 heavy (non-hydrogen) atoms. The van der Waals surface area contributed by atoms with Crippen molar-refractivity contribution in [1.82, 2.24) is 0 Å². The molecule has 0 heterocycles. The zero-order valence-electron chi connectivity index (χ0n) is 9.89. The molecule has 0 unspecified atom stereocenters. The van der Waals surface area contributed by atoms with Gasteiger partial charge in [-0.25, -0.2) is 0 Å². The van der Waals surface area contributed by atoms with Crippen molar-refractivity contribution in [2.24, 2.45) is 0 Å². The summed E-state index contributed by atoms with van der Waals surface area (Å²) in [5, 5.41) is 0. The Hall–Kier alpha value is 3.23. The van der Waals surface area contributed by atoms with Gasteiger partial charge in [-0.2, -0.15) is 15.6 Å². The average Bonchev–Trinajstić information content (AvgIpc) is 1.70. The minimum atomic E-state index is -5.39. The second-order valence-electron chi connectivity index (χ2n) is 1.46. The molecule has 0 aromatic carbocycles. The van der Waals surface area contributed by atoms with Crippen molar-refractivity contribution in [1.29, 1.82) is 0 Å². The van der Waals surface area contributed by atoms with Crippen LogP contribution in [0.1, 0.15) is 0 Å². The molecular weight excluding hydrogens is 462 g/mol. The second-order valence-corrected chi connectivity index (χ2v) is 4.38. The Labute approximate surface area is 210 Å². The standard InChI is InChI=1S/3Ca.2H3O4P.2H2O3Si/c;;;2*1-5(2,3)4;2*1-4(2)3/h;;;2*(H3,1,2,3,4);2*1-2H/q3*+2;;;;/p-6. The van der Waals surface area contributed by atoms with Crippen LogP contribution in [0, 0.1) is 0 Å². The van der Waals surface area contributed by atoms with Crippen LogP contribution in [0.25, 0.3) is 0 Å². The van der Waals surface area contributed by atoms with Gasteiger partial charge in [-0.1, -0.05) is 0 Å². The van der Waals surface area contributed by atoms with E-state index in [0.717, 1.165) is 0 Å². The summed E-state index contributed by atoms with van der Waals surface area (Å²) in [6.45, 7) is 0. The van der Waals surface area contributed by atoms with Crippen LogP contribution >= 0.6 is 15.6 Å². The minimum absolute atomic E-state index is 0. The first-order valence-corrected chi connectivity index (χ1v) is 8.29. The van der Waals surface area contributed by atoms with Crippen LogP contribution in [0.15, 0.2) is 0 Å². The summed E-state index contributed by atoms with van der Waals surface area (Å²) in [5.74, 6) is 0. The predicted octanol–water partition coefficient (Wildman–Crippen LogP) is -10.0. The van der Waals surface area contributed by atoms with Crippen molar-refractivity contribution < 1.29 is 66.6 Å². The fraction of sp³-hybridized carbons (Fsp3) is 0. The van der Waals surface area contributed by atoms with Gasteiger partial charge < -0.3 is 57.7 Å². The van der Waals surface area contributed by atoms with Crippen LogP contribution in [0.4, 0.5) is 0 Å². The fourth-order valence-electron chi connectivity index (χ4n) is 0. The second kappa shape index (κ2) is 25.5. The largest absolute Gasteiger partial charge is 2.00 e. The molecule has 0 aromatic rings. The Morgan fingerprint density at radius 3 is 0.571 bits per heavy atom. The van der Waals surface area contributed by atoms with Gasteiger partial charge in [0, 0.05) is 0 Å². The van der Waals surface area contributed by atoms with Crippen LogP contribution in [-0.2, 0) is 18.1 Å². The van der Waals surface area contributed by atoms with Gasteiger partial charge in [0.15, 0.2) is 0 Å². The number of hydrogen-bond donors (Lipinski definition) is 4. The SMILES string of the molecule is O=P([O-])([O-])[O-].O=P([O-])([O-])[O-].O=[Si](O)O.O=[Si](O)O.[Ca+2].[Ca+2].[Ca+2].